The van der Waals surface area contributed by atoms with E-state index in [1.807, 2.05) is 0 Å². The molecule has 0 rings (SSSR count). The zero-order chi connectivity index (χ0) is 14.0. The second-order valence-electron chi connectivity index (χ2n) is 5.74. The van der Waals surface area contributed by atoms with E-state index in [1.165, 1.54) is 12.8 Å². The molecule has 0 aromatic carbocycles. The van der Waals surface area contributed by atoms with Gasteiger partial charge in [-0.25, -0.2) is 0 Å². The molecular formula is C14H34N4. The molecule has 2 atom stereocenters. The molecule has 0 aromatic heterocycles. The molecule has 0 spiro atoms. The lowest BCUT2D eigenvalue weighted by Gasteiger charge is -2.20. The molecule has 0 aliphatic carbocycles. The monoisotopic (exact) mass is 258 g/mol. The molecule has 0 bridgehead atoms. The first kappa shape index (κ1) is 17.8. The van der Waals surface area contributed by atoms with Gasteiger partial charge in [0.15, 0.2) is 0 Å². The van der Waals surface area contributed by atoms with Crippen molar-refractivity contribution < 1.29 is 0 Å². The summed E-state index contributed by atoms with van der Waals surface area (Å²) in [6, 6.07) is 1.23. The van der Waals surface area contributed by atoms with Crippen molar-refractivity contribution in [1.29, 1.82) is 0 Å². The van der Waals surface area contributed by atoms with Crippen LogP contribution < -0.4 is 10.6 Å². The minimum absolute atomic E-state index is 0.615. The standard InChI is InChI=1S/C14H34N4/c1-13(17(3)4)11-15-9-7-8-10-16-12-14(2)18(5)6/h13-16H,7-12H2,1-6H3. The first-order chi connectivity index (χ1) is 8.45. The van der Waals surface area contributed by atoms with E-state index >= 15 is 0 Å². The molecule has 18 heavy (non-hydrogen) atoms. The Kier molecular flexibility index (Phi) is 10.6. The summed E-state index contributed by atoms with van der Waals surface area (Å²) in [6.45, 7) is 8.91. The van der Waals surface area contributed by atoms with E-state index in [1.54, 1.807) is 0 Å². The van der Waals surface area contributed by atoms with Crippen LogP contribution >= 0.6 is 0 Å². The predicted octanol–water partition coefficient (Wildman–Crippen LogP) is 0.846. The Morgan fingerprint density at radius 1 is 0.722 bits per heavy atom. The molecule has 2 unspecified atom stereocenters. The van der Waals surface area contributed by atoms with Crippen LogP contribution in [0.2, 0.25) is 0 Å². The number of hydrogen-bond donors (Lipinski definition) is 2. The first-order valence-corrected chi connectivity index (χ1v) is 7.19. The van der Waals surface area contributed by atoms with Crippen molar-refractivity contribution in [3.05, 3.63) is 0 Å². The highest BCUT2D eigenvalue weighted by Gasteiger charge is 2.03. The number of unbranched alkanes of at least 4 members (excludes halogenated alkanes) is 1. The van der Waals surface area contributed by atoms with Crippen LogP contribution in [0.15, 0.2) is 0 Å². The van der Waals surface area contributed by atoms with E-state index in [0.717, 1.165) is 26.2 Å². The SMILES string of the molecule is CC(CNCCCCNCC(C)N(C)C)N(C)C. The van der Waals surface area contributed by atoms with Gasteiger partial charge in [0.2, 0.25) is 0 Å². The second-order valence-corrected chi connectivity index (χ2v) is 5.74. The molecule has 4 heteroatoms. The summed E-state index contributed by atoms with van der Waals surface area (Å²) in [7, 11) is 8.51. The maximum absolute atomic E-state index is 3.51. The Balaban J connectivity index is 3.22. The second kappa shape index (κ2) is 10.7. The van der Waals surface area contributed by atoms with Gasteiger partial charge < -0.3 is 20.4 Å². The van der Waals surface area contributed by atoms with Crippen LogP contribution in [-0.4, -0.2) is 76.3 Å². The summed E-state index contributed by atoms with van der Waals surface area (Å²) in [5.41, 5.74) is 0. The highest BCUT2D eigenvalue weighted by atomic mass is 15.1. The molecule has 110 valence electrons. The van der Waals surface area contributed by atoms with Crippen LogP contribution in [0.1, 0.15) is 26.7 Å². The minimum atomic E-state index is 0.615. The van der Waals surface area contributed by atoms with Crippen LogP contribution in [-0.2, 0) is 0 Å². The molecule has 0 aliphatic heterocycles. The first-order valence-electron chi connectivity index (χ1n) is 7.19. The predicted molar refractivity (Wildman–Crippen MR) is 81.3 cm³/mol. The summed E-state index contributed by atoms with van der Waals surface area (Å²) < 4.78 is 0. The third-order valence-corrected chi connectivity index (χ3v) is 3.60. The molecule has 0 aromatic rings. The van der Waals surface area contributed by atoms with Crippen molar-refractivity contribution in [1.82, 2.24) is 20.4 Å². The van der Waals surface area contributed by atoms with Gasteiger partial charge in [0.05, 0.1) is 0 Å². The number of nitrogens with zero attached hydrogens (tertiary/aromatic N) is 2. The van der Waals surface area contributed by atoms with Crippen molar-refractivity contribution in [3.63, 3.8) is 0 Å². The van der Waals surface area contributed by atoms with Gasteiger partial charge >= 0.3 is 0 Å². The van der Waals surface area contributed by atoms with Crippen molar-refractivity contribution in [2.45, 2.75) is 38.8 Å². The fourth-order valence-electron chi connectivity index (χ4n) is 1.49. The zero-order valence-electron chi connectivity index (χ0n) is 13.3. The fraction of sp³-hybridized carbons (Fsp3) is 1.00. The molecule has 0 heterocycles. The van der Waals surface area contributed by atoms with Gasteiger partial charge in [-0.05, 0) is 68.0 Å². The Morgan fingerprint density at radius 2 is 1.06 bits per heavy atom. The molecule has 4 nitrogen and oxygen atoms in total. The summed E-state index contributed by atoms with van der Waals surface area (Å²) in [5.74, 6) is 0. The number of nitrogens with one attached hydrogen (secondary N) is 2. The van der Waals surface area contributed by atoms with Crippen molar-refractivity contribution >= 4 is 0 Å². The summed E-state index contributed by atoms with van der Waals surface area (Å²) in [6.07, 6.45) is 2.51. The molecule has 0 aliphatic rings. The van der Waals surface area contributed by atoms with Crippen molar-refractivity contribution in [2.24, 2.45) is 0 Å². The van der Waals surface area contributed by atoms with Crippen LogP contribution in [0, 0.1) is 0 Å². The lowest BCUT2D eigenvalue weighted by Crippen LogP contribution is -2.36. The van der Waals surface area contributed by atoms with Gasteiger partial charge in [-0.2, -0.15) is 0 Å². The highest BCUT2D eigenvalue weighted by Crippen LogP contribution is 1.91. The van der Waals surface area contributed by atoms with E-state index in [-0.39, 0.29) is 0 Å². The third-order valence-electron chi connectivity index (χ3n) is 3.60. The van der Waals surface area contributed by atoms with Crippen LogP contribution in [0.5, 0.6) is 0 Å². The number of hydrogen-bond acceptors (Lipinski definition) is 4. The Hall–Kier alpha value is -0.160. The molecule has 0 saturated carbocycles. The Morgan fingerprint density at radius 3 is 1.33 bits per heavy atom. The Labute approximate surface area is 114 Å². The van der Waals surface area contributed by atoms with Crippen LogP contribution in [0.25, 0.3) is 0 Å². The largest absolute Gasteiger partial charge is 0.315 e. The summed E-state index contributed by atoms with van der Waals surface area (Å²) >= 11 is 0. The fourth-order valence-corrected chi connectivity index (χ4v) is 1.49. The van der Waals surface area contributed by atoms with Gasteiger partial charge in [0.1, 0.15) is 0 Å². The lowest BCUT2D eigenvalue weighted by atomic mass is 10.2. The van der Waals surface area contributed by atoms with Gasteiger partial charge in [0.25, 0.3) is 0 Å². The van der Waals surface area contributed by atoms with Crippen molar-refractivity contribution in [2.75, 3.05) is 54.4 Å². The average molecular weight is 258 g/mol. The van der Waals surface area contributed by atoms with E-state index in [2.05, 4.69) is 62.5 Å². The average Bonchev–Trinajstić information content (AvgIpc) is 2.31. The quantitative estimate of drug-likeness (QED) is 0.538. The van der Waals surface area contributed by atoms with E-state index in [4.69, 9.17) is 0 Å². The topological polar surface area (TPSA) is 30.5 Å². The molecule has 0 radical (unpaired) electrons. The van der Waals surface area contributed by atoms with Gasteiger partial charge in [-0.15, -0.1) is 0 Å². The van der Waals surface area contributed by atoms with E-state index in [9.17, 15) is 0 Å². The molecule has 0 saturated heterocycles. The molecular weight excluding hydrogens is 224 g/mol. The molecule has 0 amide bonds. The van der Waals surface area contributed by atoms with Crippen LogP contribution in [0.4, 0.5) is 0 Å². The van der Waals surface area contributed by atoms with Gasteiger partial charge in [-0.3, -0.25) is 0 Å². The smallest absolute Gasteiger partial charge is 0.0186 e. The van der Waals surface area contributed by atoms with E-state index < -0.39 is 0 Å². The van der Waals surface area contributed by atoms with E-state index in [0.29, 0.717) is 12.1 Å². The maximum Gasteiger partial charge on any atom is 0.0186 e. The summed E-state index contributed by atoms with van der Waals surface area (Å²) in [4.78, 5) is 4.49. The molecule has 0 fully saturated rings. The van der Waals surface area contributed by atoms with Gasteiger partial charge in [-0.1, -0.05) is 0 Å². The van der Waals surface area contributed by atoms with Gasteiger partial charge in [0, 0.05) is 25.2 Å². The minimum Gasteiger partial charge on any atom is -0.315 e. The summed E-state index contributed by atoms with van der Waals surface area (Å²) in [5, 5.41) is 7.01. The number of rotatable bonds is 11. The third kappa shape index (κ3) is 9.83. The highest BCUT2D eigenvalue weighted by molar-refractivity contribution is 4.64. The van der Waals surface area contributed by atoms with Crippen LogP contribution in [0.3, 0.4) is 0 Å². The molecule has 2 N–H and O–H groups in total. The zero-order valence-corrected chi connectivity index (χ0v) is 13.3. The maximum atomic E-state index is 3.51. The lowest BCUT2D eigenvalue weighted by molar-refractivity contribution is 0.299. The normalized spacial score (nSPS) is 15.3. The Bertz CT molecular complexity index is 163. The van der Waals surface area contributed by atoms with Crippen molar-refractivity contribution in [3.8, 4) is 0 Å². The number of likely N-dealkylation sites (N-methyl/N-ethyl adjacent to an activating group) is 2.